The van der Waals surface area contributed by atoms with Gasteiger partial charge in [0.05, 0.1) is 5.39 Å². The predicted octanol–water partition coefficient (Wildman–Crippen LogP) is 1.35. The molecule has 0 aliphatic rings. The number of aromatic hydroxyl groups is 1. The molecule has 2 aromatic rings. The van der Waals surface area contributed by atoms with Gasteiger partial charge in [0.15, 0.2) is 5.75 Å². The highest BCUT2D eigenvalue weighted by atomic mass is 16.6. The Morgan fingerprint density at radius 2 is 1.80 bits per heavy atom. The van der Waals surface area contributed by atoms with Crippen LogP contribution in [0.15, 0.2) is 27.4 Å². The second-order valence-electron chi connectivity index (χ2n) is 3.91. The maximum atomic E-state index is 11.6. The van der Waals surface area contributed by atoms with Gasteiger partial charge in [0.1, 0.15) is 11.3 Å². The fourth-order valence-electron chi connectivity index (χ4n) is 1.61. The normalized spacial score (nSPS) is 10.3. The minimum Gasteiger partial charge on any atom is -0.504 e. The molecular weight excluding hydrogens is 268 g/mol. The van der Waals surface area contributed by atoms with Crippen molar-refractivity contribution in [2.45, 2.75) is 13.8 Å². The van der Waals surface area contributed by atoms with E-state index in [0.29, 0.717) is 0 Å². The minimum atomic E-state index is -1.01. The molecule has 1 N–H and O–H groups in total. The lowest BCUT2D eigenvalue weighted by Gasteiger charge is -2.07. The lowest BCUT2D eigenvalue weighted by molar-refractivity contribution is -0.133. The highest BCUT2D eigenvalue weighted by Gasteiger charge is 2.17. The molecule has 7 nitrogen and oxygen atoms in total. The monoisotopic (exact) mass is 278 g/mol. The van der Waals surface area contributed by atoms with E-state index in [2.05, 4.69) is 4.74 Å². The number of esters is 2. The Kier molecular flexibility index (Phi) is 3.43. The molecule has 0 amide bonds. The first kappa shape index (κ1) is 13.6. The van der Waals surface area contributed by atoms with E-state index < -0.39 is 29.1 Å². The van der Waals surface area contributed by atoms with Crippen LogP contribution in [0.2, 0.25) is 0 Å². The van der Waals surface area contributed by atoms with Crippen molar-refractivity contribution in [1.82, 2.24) is 0 Å². The molecule has 0 saturated carbocycles. The first-order valence-corrected chi connectivity index (χ1v) is 5.55. The van der Waals surface area contributed by atoms with Crippen LogP contribution in [0.4, 0.5) is 0 Å². The van der Waals surface area contributed by atoms with E-state index in [1.165, 1.54) is 25.1 Å². The standard InChI is InChI=1S/C13H10O7/c1-6(14)18-8-3-4-9-10(5-8)20-13(17)12(11(9)16)19-7(2)15/h3-5,16H,1-2H3. The van der Waals surface area contributed by atoms with Gasteiger partial charge in [-0.15, -0.1) is 0 Å². The van der Waals surface area contributed by atoms with E-state index in [1.54, 1.807) is 0 Å². The van der Waals surface area contributed by atoms with E-state index in [9.17, 15) is 19.5 Å². The van der Waals surface area contributed by atoms with Gasteiger partial charge in [-0.3, -0.25) is 9.59 Å². The zero-order valence-electron chi connectivity index (χ0n) is 10.6. The largest absolute Gasteiger partial charge is 0.504 e. The van der Waals surface area contributed by atoms with Crippen LogP contribution < -0.4 is 15.1 Å². The number of rotatable bonds is 2. The van der Waals surface area contributed by atoms with Crippen LogP contribution in [0.3, 0.4) is 0 Å². The van der Waals surface area contributed by atoms with Crippen molar-refractivity contribution < 1.29 is 28.6 Å². The first-order valence-electron chi connectivity index (χ1n) is 5.55. The number of benzene rings is 1. The molecule has 20 heavy (non-hydrogen) atoms. The molecule has 7 heteroatoms. The van der Waals surface area contributed by atoms with Crippen LogP contribution in [0.1, 0.15) is 13.8 Å². The van der Waals surface area contributed by atoms with Gasteiger partial charge in [0.2, 0.25) is 0 Å². The lowest BCUT2D eigenvalue weighted by atomic mass is 10.2. The molecular formula is C13H10O7. The van der Waals surface area contributed by atoms with Gasteiger partial charge in [0.25, 0.3) is 5.75 Å². The zero-order valence-corrected chi connectivity index (χ0v) is 10.6. The van der Waals surface area contributed by atoms with Crippen LogP contribution in [0.5, 0.6) is 17.2 Å². The number of carbonyl (C=O) groups is 2. The summed E-state index contributed by atoms with van der Waals surface area (Å²) in [5.41, 5.74) is -1.01. The van der Waals surface area contributed by atoms with E-state index in [1.807, 2.05) is 0 Å². The maximum absolute atomic E-state index is 11.6. The molecule has 0 fully saturated rings. The molecule has 0 unspecified atom stereocenters. The Morgan fingerprint density at radius 1 is 1.15 bits per heavy atom. The van der Waals surface area contributed by atoms with Gasteiger partial charge in [-0.05, 0) is 12.1 Å². The smallest absolute Gasteiger partial charge is 0.383 e. The summed E-state index contributed by atoms with van der Waals surface area (Å²) in [6, 6.07) is 4.05. The van der Waals surface area contributed by atoms with Gasteiger partial charge in [-0.25, -0.2) is 4.79 Å². The summed E-state index contributed by atoms with van der Waals surface area (Å²) in [4.78, 5) is 33.3. The van der Waals surface area contributed by atoms with Crippen LogP contribution in [-0.2, 0) is 9.59 Å². The highest BCUT2D eigenvalue weighted by Crippen LogP contribution is 2.33. The van der Waals surface area contributed by atoms with Crippen LogP contribution >= 0.6 is 0 Å². The zero-order chi connectivity index (χ0) is 14.9. The van der Waals surface area contributed by atoms with Crippen LogP contribution in [0.25, 0.3) is 11.0 Å². The maximum Gasteiger partial charge on any atom is 0.383 e. The molecule has 0 aliphatic heterocycles. The third-order valence-corrected chi connectivity index (χ3v) is 2.32. The predicted molar refractivity (Wildman–Crippen MR) is 66.8 cm³/mol. The van der Waals surface area contributed by atoms with Gasteiger partial charge < -0.3 is 19.0 Å². The van der Waals surface area contributed by atoms with Gasteiger partial charge in [0, 0.05) is 19.9 Å². The van der Waals surface area contributed by atoms with Crippen molar-refractivity contribution in [3.8, 4) is 17.2 Å². The van der Waals surface area contributed by atoms with Gasteiger partial charge in [-0.1, -0.05) is 0 Å². The minimum absolute atomic E-state index is 0.00199. The quantitative estimate of drug-likeness (QED) is 0.502. The Morgan fingerprint density at radius 3 is 2.40 bits per heavy atom. The second-order valence-corrected chi connectivity index (χ2v) is 3.91. The molecule has 2 rings (SSSR count). The SMILES string of the molecule is CC(=O)Oc1ccc2c(O)c(OC(C)=O)c(=O)oc2c1. The lowest BCUT2D eigenvalue weighted by Crippen LogP contribution is -2.11. The van der Waals surface area contributed by atoms with E-state index >= 15 is 0 Å². The van der Waals surface area contributed by atoms with Crippen LogP contribution in [0, 0.1) is 0 Å². The third-order valence-electron chi connectivity index (χ3n) is 2.32. The highest BCUT2D eigenvalue weighted by molar-refractivity contribution is 5.87. The molecule has 0 aliphatic carbocycles. The summed E-state index contributed by atoms with van der Waals surface area (Å²) in [5.74, 6) is -2.23. The number of fused-ring (bicyclic) bond motifs is 1. The first-order chi connectivity index (χ1) is 9.38. The van der Waals surface area contributed by atoms with E-state index in [0.717, 1.165) is 6.92 Å². The van der Waals surface area contributed by atoms with Crippen molar-refractivity contribution in [3.05, 3.63) is 28.6 Å². The van der Waals surface area contributed by atoms with E-state index in [4.69, 9.17) is 9.15 Å². The van der Waals surface area contributed by atoms with Crippen molar-refractivity contribution >= 4 is 22.9 Å². The third kappa shape index (κ3) is 2.61. The molecule has 0 spiro atoms. The Hall–Kier alpha value is -2.83. The summed E-state index contributed by atoms with van der Waals surface area (Å²) >= 11 is 0. The average Bonchev–Trinajstić information content (AvgIpc) is 2.33. The summed E-state index contributed by atoms with van der Waals surface area (Å²) in [6.07, 6.45) is 0. The second kappa shape index (κ2) is 5.04. The molecule has 1 aromatic heterocycles. The Balaban J connectivity index is 2.60. The van der Waals surface area contributed by atoms with Crippen molar-refractivity contribution in [1.29, 1.82) is 0 Å². The molecule has 104 valence electrons. The number of hydrogen-bond acceptors (Lipinski definition) is 7. The molecule has 0 atom stereocenters. The molecule has 0 bridgehead atoms. The van der Waals surface area contributed by atoms with Crippen molar-refractivity contribution in [3.63, 3.8) is 0 Å². The Labute approximate surface area is 112 Å². The topological polar surface area (TPSA) is 103 Å². The number of carbonyl (C=O) groups excluding carboxylic acids is 2. The fraction of sp³-hybridized carbons (Fsp3) is 0.154. The Bertz CT molecular complexity index is 757. The molecule has 0 radical (unpaired) electrons. The number of ether oxygens (including phenoxy) is 2. The van der Waals surface area contributed by atoms with Crippen molar-refractivity contribution in [2.75, 3.05) is 0 Å². The summed E-state index contributed by atoms with van der Waals surface area (Å²) in [7, 11) is 0. The average molecular weight is 278 g/mol. The summed E-state index contributed by atoms with van der Waals surface area (Å²) in [6.45, 7) is 2.31. The van der Waals surface area contributed by atoms with Crippen LogP contribution in [-0.4, -0.2) is 17.0 Å². The summed E-state index contributed by atoms with van der Waals surface area (Å²) < 4.78 is 14.3. The fourth-order valence-corrected chi connectivity index (χ4v) is 1.61. The van der Waals surface area contributed by atoms with Gasteiger partial charge in [-0.2, -0.15) is 0 Å². The molecule has 1 heterocycles. The molecule has 0 saturated heterocycles. The van der Waals surface area contributed by atoms with Gasteiger partial charge >= 0.3 is 17.6 Å². The number of hydrogen-bond donors (Lipinski definition) is 1. The van der Waals surface area contributed by atoms with E-state index in [-0.39, 0.29) is 16.7 Å². The molecule has 1 aromatic carbocycles. The summed E-state index contributed by atoms with van der Waals surface area (Å²) in [5, 5.41) is 10.1. The van der Waals surface area contributed by atoms with Crippen molar-refractivity contribution in [2.24, 2.45) is 0 Å².